The molecule has 4 rings (SSSR count). The summed E-state index contributed by atoms with van der Waals surface area (Å²) in [5.74, 6) is 1.36. The lowest BCUT2D eigenvalue weighted by Crippen LogP contribution is -2.30. The Balaban J connectivity index is 1.65. The number of ether oxygens (including phenoxy) is 3. The molecule has 4 atom stereocenters. The van der Waals surface area contributed by atoms with Crippen molar-refractivity contribution in [2.24, 2.45) is 0 Å². The SMILES string of the molecule is COc1ccc(-c2nccn2[C@H]2CO[C@H]3[C@@H]2OC[C@H]3O)cn1. The molecule has 1 N–H and O–H groups in total. The highest BCUT2D eigenvalue weighted by Gasteiger charge is 2.48. The average Bonchev–Trinajstić information content (AvgIpc) is 3.25. The molecule has 0 saturated carbocycles. The minimum Gasteiger partial charge on any atom is -0.481 e. The lowest BCUT2D eigenvalue weighted by Gasteiger charge is -2.19. The zero-order valence-electron chi connectivity index (χ0n) is 12.1. The van der Waals surface area contributed by atoms with E-state index < -0.39 is 6.10 Å². The maximum absolute atomic E-state index is 9.86. The van der Waals surface area contributed by atoms with E-state index in [9.17, 15) is 5.11 Å². The van der Waals surface area contributed by atoms with Crippen molar-refractivity contribution in [3.8, 4) is 17.3 Å². The van der Waals surface area contributed by atoms with Gasteiger partial charge < -0.3 is 23.9 Å². The Morgan fingerprint density at radius 2 is 2.09 bits per heavy atom. The Bertz CT molecular complexity index is 657. The summed E-state index contributed by atoms with van der Waals surface area (Å²) in [6.45, 7) is 0.819. The summed E-state index contributed by atoms with van der Waals surface area (Å²) >= 11 is 0. The molecule has 7 heteroatoms. The van der Waals surface area contributed by atoms with Crippen LogP contribution in [0.3, 0.4) is 0 Å². The fraction of sp³-hybridized carbons (Fsp3) is 0.467. The van der Waals surface area contributed by atoms with Crippen LogP contribution in [-0.4, -0.2) is 58.3 Å². The average molecular weight is 303 g/mol. The third-order valence-corrected chi connectivity index (χ3v) is 4.23. The zero-order chi connectivity index (χ0) is 15.1. The van der Waals surface area contributed by atoms with Crippen LogP contribution >= 0.6 is 0 Å². The van der Waals surface area contributed by atoms with Gasteiger partial charge in [-0.2, -0.15) is 0 Å². The molecule has 2 saturated heterocycles. The number of nitrogens with zero attached hydrogens (tertiary/aromatic N) is 3. The Hall–Kier alpha value is -1.96. The molecule has 0 spiro atoms. The van der Waals surface area contributed by atoms with Gasteiger partial charge in [-0.05, 0) is 6.07 Å². The van der Waals surface area contributed by atoms with Crippen molar-refractivity contribution in [2.45, 2.75) is 24.4 Å². The first-order valence-electron chi connectivity index (χ1n) is 7.22. The van der Waals surface area contributed by atoms with Gasteiger partial charge in [-0.25, -0.2) is 9.97 Å². The third-order valence-electron chi connectivity index (χ3n) is 4.23. The van der Waals surface area contributed by atoms with Gasteiger partial charge in [0, 0.05) is 30.2 Å². The van der Waals surface area contributed by atoms with Crippen LogP contribution in [0.4, 0.5) is 0 Å². The Morgan fingerprint density at radius 1 is 1.23 bits per heavy atom. The van der Waals surface area contributed by atoms with E-state index in [0.29, 0.717) is 19.1 Å². The second kappa shape index (κ2) is 5.35. The molecule has 0 aromatic carbocycles. The molecule has 2 aromatic rings. The van der Waals surface area contributed by atoms with Crippen LogP contribution in [-0.2, 0) is 9.47 Å². The lowest BCUT2D eigenvalue weighted by molar-refractivity contribution is 0.0172. The second-order valence-corrected chi connectivity index (χ2v) is 5.48. The second-order valence-electron chi connectivity index (χ2n) is 5.48. The zero-order valence-corrected chi connectivity index (χ0v) is 12.1. The Morgan fingerprint density at radius 3 is 2.86 bits per heavy atom. The van der Waals surface area contributed by atoms with Gasteiger partial charge in [0.1, 0.15) is 24.1 Å². The largest absolute Gasteiger partial charge is 0.481 e. The summed E-state index contributed by atoms with van der Waals surface area (Å²) < 4.78 is 18.5. The van der Waals surface area contributed by atoms with Crippen molar-refractivity contribution in [1.82, 2.24) is 14.5 Å². The van der Waals surface area contributed by atoms with Crippen molar-refractivity contribution in [2.75, 3.05) is 20.3 Å². The predicted molar refractivity (Wildman–Crippen MR) is 76.5 cm³/mol. The van der Waals surface area contributed by atoms with Gasteiger partial charge in [0.25, 0.3) is 0 Å². The first-order valence-corrected chi connectivity index (χ1v) is 7.22. The first kappa shape index (κ1) is 13.7. The van der Waals surface area contributed by atoms with Crippen LogP contribution in [0.5, 0.6) is 5.88 Å². The molecule has 0 radical (unpaired) electrons. The molecule has 2 aliphatic heterocycles. The molecule has 0 aliphatic carbocycles. The number of pyridine rings is 1. The van der Waals surface area contributed by atoms with Gasteiger partial charge in [0.2, 0.25) is 5.88 Å². The van der Waals surface area contributed by atoms with Crippen LogP contribution < -0.4 is 4.74 Å². The number of imidazole rings is 1. The number of hydrogen-bond acceptors (Lipinski definition) is 6. The fourth-order valence-electron chi connectivity index (χ4n) is 3.13. The number of rotatable bonds is 3. The van der Waals surface area contributed by atoms with E-state index in [1.165, 1.54) is 0 Å². The smallest absolute Gasteiger partial charge is 0.212 e. The van der Waals surface area contributed by atoms with Crippen molar-refractivity contribution >= 4 is 0 Å². The summed E-state index contributed by atoms with van der Waals surface area (Å²) in [4.78, 5) is 8.65. The normalized spacial score (nSPS) is 30.5. The van der Waals surface area contributed by atoms with Gasteiger partial charge in [-0.3, -0.25) is 0 Å². The third kappa shape index (κ3) is 2.09. The predicted octanol–water partition coefficient (Wildman–Crippen LogP) is 0.653. The van der Waals surface area contributed by atoms with E-state index in [-0.39, 0.29) is 18.2 Å². The highest BCUT2D eigenvalue weighted by atomic mass is 16.6. The summed E-state index contributed by atoms with van der Waals surface area (Å²) in [5.41, 5.74) is 0.896. The van der Waals surface area contributed by atoms with E-state index in [2.05, 4.69) is 9.97 Å². The van der Waals surface area contributed by atoms with E-state index in [1.807, 2.05) is 16.8 Å². The number of hydrogen-bond donors (Lipinski definition) is 1. The summed E-state index contributed by atoms with van der Waals surface area (Å²) in [5, 5.41) is 9.86. The maximum Gasteiger partial charge on any atom is 0.212 e. The van der Waals surface area contributed by atoms with Gasteiger partial charge in [-0.1, -0.05) is 0 Å². The summed E-state index contributed by atoms with van der Waals surface area (Å²) in [6, 6.07) is 3.72. The number of fused-ring (bicyclic) bond motifs is 1. The molecule has 2 aliphatic rings. The minimum atomic E-state index is -0.551. The number of methoxy groups -OCH3 is 1. The molecule has 22 heavy (non-hydrogen) atoms. The molecule has 0 unspecified atom stereocenters. The van der Waals surface area contributed by atoms with E-state index in [1.54, 1.807) is 25.6 Å². The van der Waals surface area contributed by atoms with Gasteiger partial charge >= 0.3 is 0 Å². The van der Waals surface area contributed by atoms with Gasteiger partial charge in [0.05, 0.1) is 26.4 Å². The molecule has 4 heterocycles. The molecule has 2 aromatic heterocycles. The molecule has 2 fully saturated rings. The van der Waals surface area contributed by atoms with E-state index in [4.69, 9.17) is 14.2 Å². The quantitative estimate of drug-likeness (QED) is 0.897. The van der Waals surface area contributed by atoms with Crippen molar-refractivity contribution < 1.29 is 19.3 Å². The van der Waals surface area contributed by atoms with Crippen molar-refractivity contribution in [1.29, 1.82) is 0 Å². The van der Waals surface area contributed by atoms with Crippen LogP contribution in [0.25, 0.3) is 11.4 Å². The highest BCUT2D eigenvalue weighted by Crippen LogP contribution is 2.36. The Labute approximate surface area is 127 Å². The monoisotopic (exact) mass is 303 g/mol. The van der Waals surface area contributed by atoms with Gasteiger partial charge in [0.15, 0.2) is 0 Å². The molecule has 7 nitrogen and oxygen atoms in total. The Kier molecular flexibility index (Phi) is 3.33. The van der Waals surface area contributed by atoms with E-state index in [0.717, 1.165) is 11.4 Å². The van der Waals surface area contributed by atoms with Crippen molar-refractivity contribution in [3.05, 3.63) is 30.7 Å². The van der Waals surface area contributed by atoms with Gasteiger partial charge in [-0.15, -0.1) is 0 Å². The molecule has 0 bridgehead atoms. The maximum atomic E-state index is 9.86. The molecular formula is C15H17N3O4. The summed E-state index contributed by atoms with van der Waals surface area (Å²) in [6.07, 6.45) is 4.44. The van der Waals surface area contributed by atoms with Crippen LogP contribution in [0, 0.1) is 0 Å². The van der Waals surface area contributed by atoms with Crippen LogP contribution in [0.15, 0.2) is 30.7 Å². The number of aliphatic hydroxyl groups is 1. The number of aliphatic hydroxyl groups excluding tert-OH is 1. The summed E-state index contributed by atoms with van der Waals surface area (Å²) in [7, 11) is 1.59. The van der Waals surface area contributed by atoms with E-state index >= 15 is 0 Å². The fourth-order valence-corrected chi connectivity index (χ4v) is 3.13. The van der Waals surface area contributed by atoms with Crippen LogP contribution in [0.1, 0.15) is 6.04 Å². The van der Waals surface area contributed by atoms with Crippen molar-refractivity contribution in [3.63, 3.8) is 0 Å². The molecule has 116 valence electrons. The number of aromatic nitrogens is 3. The first-order chi connectivity index (χ1) is 10.8. The highest BCUT2D eigenvalue weighted by molar-refractivity contribution is 5.55. The minimum absolute atomic E-state index is 0.00162. The topological polar surface area (TPSA) is 78.6 Å². The van der Waals surface area contributed by atoms with Crippen LogP contribution in [0.2, 0.25) is 0 Å². The standard InChI is InChI=1S/C15H17N3O4/c1-20-12-3-2-9(6-17-12)15-16-4-5-18(15)10-7-21-14-11(19)8-22-13(10)14/h2-6,10-11,13-14,19H,7-8H2,1H3/t10-,11+,13+,14+/m0/s1. The lowest BCUT2D eigenvalue weighted by atomic mass is 10.1. The molecule has 0 amide bonds. The molecular weight excluding hydrogens is 286 g/mol.